The fourth-order valence-electron chi connectivity index (χ4n) is 2.12. The molecule has 1 unspecified atom stereocenters. The first-order valence-electron chi connectivity index (χ1n) is 6.13. The van der Waals surface area contributed by atoms with Crippen LogP contribution in [0.25, 0.3) is 0 Å². The second-order valence-electron chi connectivity index (χ2n) is 4.34. The normalized spacial score (nSPS) is 20.2. The highest BCUT2D eigenvalue weighted by atomic mass is 16.2. The van der Waals surface area contributed by atoms with Gasteiger partial charge >= 0.3 is 11.8 Å². The molecule has 1 atom stereocenters. The number of nitriles is 1. The van der Waals surface area contributed by atoms with E-state index in [-0.39, 0.29) is 6.54 Å². The molecule has 1 rings (SSSR count). The fraction of sp³-hybridized carbons (Fsp3) is 0.750. The van der Waals surface area contributed by atoms with Crippen LogP contribution >= 0.6 is 0 Å². The summed E-state index contributed by atoms with van der Waals surface area (Å²) in [5, 5.41) is 10.6. The Morgan fingerprint density at radius 1 is 1.41 bits per heavy atom. The second-order valence-corrected chi connectivity index (χ2v) is 4.34. The Hall–Kier alpha value is -1.57. The Bertz CT molecular complexity index is 322. The van der Waals surface area contributed by atoms with Crippen molar-refractivity contribution in [2.24, 2.45) is 5.92 Å². The Morgan fingerprint density at radius 3 is 2.82 bits per heavy atom. The Morgan fingerprint density at radius 2 is 2.18 bits per heavy atom. The van der Waals surface area contributed by atoms with Crippen molar-refractivity contribution in [2.45, 2.75) is 32.6 Å². The first-order chi connectivity index (χ1) is 8.19. The van der Waals surface area contributed by atoms with Gasteiger partial charge in [-0.2, -0.15) is 5.26 Å². The van der Waals surface area contributed by atoms with Gasteiger partial charge in [0, 0.05) is 13.1 Å². The van der Waals surface area contributed by atoms with E-state index >= 15 is 0 Å². The zero-order valence-corrected chi connectivity index (χ0v) is 10.2. The first kappa shape index (κ1) is 13.5. The van der Waals surface area contributed by atoms with Crippen molar-refractivity contribution in [3.63, 3.8) is 0 Å². The third-order valence-corrected chi connectivity index (χ3v) is 3.23. The van der Waals surface area contributed by atoms with E-state index in [0.29, 0.717) is 19.0 Å². The number of rotatable bonds is 2. The van der Waals surface area contributed by atoms with Crippen molar-refractivity contribution in [2.75, 3.05) is 19.6 Å². The lowest BCUT2D eigenvalue weighted by Gasteiger charge is -2.19. The second kappa shape index (κ2) is 6.89. The number of amides is 2. The molecule has 0 aromatic carbocycles. The smallest absolute Gasteiger partial charge is 0.311 e. The molecule has 1 heterocycles. The number of hydrogen-bond donors (Lipinski definition) is 1. The van der Waals surface area contributed by atoms with E-state index in [0.717, 1.165) is 25.7 Å². The maximum atomic E-state index is 11.8. The Labute approximate surface area is 102 Å². The molecule has 94 valence electrons. The monoisotopic (exact) mass is 237 g/mol. The molecular formula is C12H19N3O2. The molecule has 1 fully saturated rings. The molecule has 17 heavy (non-hydrogen) atoms. The number of hydrogen-bond acceptors (Lipinski definition) is 3. The van der Waals surface area contributed by atoms with E-state index in [1.54, 1.807) is 11.0 Å². The average Bonchev–Trinajstić information content (AvgIpc) is 2.60. The molecule has 0 aromatic heterocycles. The number of nitrogens with zero attached hydrogens (tertiary/aromatic N) is 2. The standard InChI is InChI=1S/C12H19N3O2/c1-2-10-4-3-8-15(9-5-10)12(17)11(16)14-7-6-13/h10H,2-5,7-9H2,1H3,(H,14,16). The highest BCUT2D eigenvalue weighted by Gasteiger charge is 2.24. The molecule has 2 amide bonds. The average molecular weight is 237 g/mol. The van der Waals surface area contributed by atoms with Gasteiger partial charge in [-0.05, 0) is 25.2 Å². The van der Waals surface area contributed by atoms with Crippen molar-refractivity contribution in [1.29, 1.82) is 5.26 Å². The molecule has 0 radical (unpaired) electrons. The molecule has 1 saturated heterocycles. The summed E-state index contributed by atoms with van der Waals surface area (Å²) < 4.78 is 0. The van der Waals surface area contributed by atoms with E-state index in [4.69, 9.17) is 5.26 Å². The van der Waals surface area contributed by atoms with Crippen molar-refractivity contribution in [1.82, 2.24) is 10.2 Å². The van der Waals surface area contributed by atoms with Crippen LogP contribution in [0.2, 0.25) is 0 Å². The highest BCUT2D eigenvalue weighted by Crippen LogP contribution is 2.20. The van der Waals surface area contributed by atoms with Gasteiger partial charge in [0.2, 0.25) is 0 Å². The van der Waals surface area contributed by atoms with Crippen molar-refractivity contribution in [3.05, 3.63) is 0 Å². The lowest BCUT2D eigenvalue weighted by molar-refractivity contribution is -0.145. The summed E-state index contributed by atoms with van der Waals surface area (Å²) in [5.41, 5.74) is 0. The van der Waals surface area contributed by atoms with Crippen LogP contribution in [0.1, 0.15) is 32.6 Å². The summed E-state index contributed by atoms with van der Waals surface area (Å²) in [5.74, 6) is -0.506. The highest BCUT2D eigenvalue weighted by molar-refractivity contribution is 6.35. The first-order valence-corrected chi connectivity index (χ1v) is 6.13. The summed E-state index contributed by atoms with van der Waals surface area (Å²) in [6.07, 6.45) is 4.17. The minimum absolute atomic E-state index is 0.115. The predicted molar refractivity (Wildman–Crippen MR) is 62.8 cm³/mol. The summed E-state index contributed by atoms with van der Waals surface area (Å²) in [6.45, 7) is 3.34. The van der Waals surface area contributed by atoms with E-state index in [1.165, 1.54) is 0 Å². The van der Waals surface area contributed by atoms with Gasteiger partial charge in [-0.1, -0.05) is 13.3 Å². The third kappa shape index (κ3) is 4.06. The Balaban J connectivity index is 2.47. The number of carbonyl (C=O) groups excluding carboxylic acids is 2. The van der Waals surface area contributed by atoms with Gasteiger partial charge < -0.3 is 10.2 Å². The predicted octanol–water partition coefficient (Wildman–Crippen LogP) is 0.665. The minimum atomic E-state index is -0.665. The number of carbonyl (C=O) groups is 2. The van der Waals surface area contributed by atoms with Gasteiger partial charge in [0.25, 0.3) is 0 Å². The quantitative estimate of drug-likeness (QED) is 0.566. The lowest BCUT2D eigenvalue weighted by Crippen LogP contribution is -2.43. The molecular weight excluding hydrogens is 218 g/mol. The SMILES string of the molecule is CCC1CCCN(C(=O)C(=O)NCC#N)CC1. The molecule has 0 aliphatic carbocycles. The van der Waals surface area contributed by atoms with Crippen molar-refractivity contribution in [3.8, 4) is 6.07 Å². The number of likely N-dealkylation sites (tertiary alicyclic amines) is 1. The van der Waals surface area contributed by atoms with Crippen LogP contribution in [0.15, 0.2) is 0 Å². The van der Waals surface area contributed by atoms with E-state index in [2.05, 4.69) is 12.2 Å². The zero-order chi connectivity index (χ0) is 12.7. The van der Waals surface area contributed by atoms with Crippen LogP contribution in [0.5, 0.6) is 0 Å². The van der Waals surface area contributed by atoms with E-state index in [1.807, 2.05) is 0 Å². The van der Waals surface area contributed by atoms with Gasteiger partial charge in [-0.15, -0.1) is 0 Å². The van der Waals surface area contributed by atoms with Gasteiger partial charge in [0.05, 0.1) is 6.07 Å². The summed E-state index contributed by atoms with van der Waals surface area (Å²) >= 11 is 0. The Kier molecular flexibility index (Phi) is 5.47. The largest absolute Gasteiger partial charge is 0.335 e. The van der Waals surface area contributed by atoms with Crippen molar-refractivity contribution < 1.29 is 9.59 Å². The molecule has 0 aromatic rings. The maximum Gasteiger partial charge on any atom is 0.311 e. The van der Waals surface area contributed by atoms with E-state index < -0.39 is 11.8 Å². The van der Waals surface area contributed by atoms with Crippen molar-refractivity contribution >= 4 is 11.8 Å². The van der Waals surface area contributed by atoms with Gasteiger partial charge in [0.15, 0.2) is 0 Å². The van der Waals surface area contributed by atoms with Gasteiger partial charge in [0.1, 0.15) is 6.54 Å². The van der Waals surface area contributed by atoms with Crippen LogP contribution in [-0.2, 0) is 9.59 Å². The van der Waals surface area contributed by atoms with Crippen LogP contribution in [0.4, 0.5) is 0 Å². The van der Waals surface area contributed by atoms with Crippen LogP contribution in [0, 0.1) is 17.2 Å². The third-order valence-electron chi connectivity index (χ3n) is 3.23. The van der Waals surface area contributed by atoms with Crippen LogP contribution < -0.4 is 5.32 Å². The van der Waals surface area contributed by atoms with Crippen LogP contribution in [-0.4, -0.2) is 36.3 Å². The van der Waals surface area contributed by atoms with Crippen LogP contribution in [0.3, 0.4) is 0 Å². The lowest BCUT2D eigenvalue weighted by atomic mass is 9.98. The number of nitrogens with one attached hydrogen (secondary N) is 1. The molecule has 5 heteroatoms. The summed E-state index contributed by atoms with van der Waals surface area (Å²) in [4.78, 5) is 24.8. The molecule has 1 N–H and O–H groups in total. The summed E-state index contributed by atoms with van der Waals surface area (Å²) in [6, 6.07) is 1.78. The molecule has 0 bridgehead atoms. The topological polar surface area (TPSA) is 73.2 Å². The molecule has 0 saturated carbocycles. The fourth-order valence-corrected chi connectivity index (χ4v) is 2.12. The molecule has 1 aliphatic rings. The maximum absolute atomic E-state index is 11.8. The molecule has 5 nitrogen and oxygen atoms in total. The van der Waals surface area contributed by atoms with E-state index in [9.17, 15) is 9.59 Å². The molecule has 0 spiro atoms. The summed E-state index contributed by atoms with van der Waals surface area (Å²) in [7, 11) is 0. The zero-order valence-electron chi connectivity index (χ0n) is 10.2. The van der Waals surface area contributed by atoms with Gasteiger partial charge in [-0.25, -0.2) is 0 Å². The molecule has 1 aliphatic heterocycles. The van der Waals surface area contributed by atoms with Gasteiger partial charge in [-0.3, -0.25) is 9.59 Å². The minimum Gasteiger partial charge on any atom is -0.335 e.